The van der Waals surface area contributed by atoms with Gasteiger partial charge in [0.2, 0.25) is 5.91 Å². The molecule has 5 nitrogen and oxygen atoms in total. The van der Waals surface area contributed by atoms with E-state index in [0.29, 0.717) is 37.2 Å². The molecule has 1 aromatic carbocycles. The predicted molar refractivity (Wildman–Crippen MR) is 113 cm³/mol. The van der Waals surface area contributed by atoms with Crippen LogP contribution in [-0.2, 0) is 15.1 Å². The molecule has 1 aromatic heterocycles. The van der Waals surface area contributed by atoms with Crippen molar-refractivity contribution in [2.75, 3.05) is 0 Å². The molecule has 6 heteroatoms. The third-order valence-electron chi connectivity index (χ3n) is 7.40. The molecule has 5 rings (SSSR count). The Bertz CT molecular complexity index is 975. The largest absolute Gasteiger partial charge is 0.450 e. The van der Waals surface area contributed by atoms with Gasteiger partial charge < -0.3 is 10.1 Å². The highest BCUT2D eigenvalue weighted by Crippen LogP contribution is 2.47. The number of pyridine rings is 1. The van der Waals surface area contributed by atoms with Crippen LogP contribution in [0.15, 0.2) is 42.7 Å². The van der Waals surface area contributed by atoms with Crippen LogP contribution in [-0.4, -0.2) is 22.9 Å². The zero-order chi connectivity index (χ0) is 21.4. The van der Waals surface area contributed by atoms with Crippen molar-refractivity contribution in [2.24, 2.45) is 5.92 Å². The van der Waals surface area contributed by atoms with Crippen LogP contribution in [0.4, 0.5) is 4.39 Å². The van der Waals surface area contributed by atoms with Crippen molar-refractivity contribution in [3.05, 3.63) is 65.2 Å². The summed E-state index contributed by atoms with van der Waals surface area (Å²) in [6.07, 6.45) is 9.98. The van der Waals surface area contributed by atoms with Crippen molar-refractivity contribution in [3.8, 4) is 0 Å². The fourth-order valence-corrected chi connectivity index (χ4v) is 5.57. The average molecular weight is 423 g/mol. The first kappa shape index (κ1) is 20.2. The molecule has 1 N–H and O–H groups in total. The molecule has 2 fully saturated rings. The van der Waals surface area contributed by atoms with E-state index in [1.54, 1.807) is 18.5 Å². The van der Waals surface area contributed by atoms with Gasteiger partial charge in [-0.3, -0.25) is 9.78 Å². The lowest BCUT2D eigenvalue weighted by molar-refractivity contribution is -0.129. The maximum Gasteiger partial charge on any atom is 0.339 e. The second-order valence-corrected chi connectivity index (χ2v) is 9.19. The Morgan fingerprint density at radius 2 is 1.74 bits per heavy atom. The van der Waals surface area contributed by atoms with Crippen LogP contribution >= 0.6 is 0 Å². The van der Waals surface area contributed by atoms with Gasteiger partial charge >= 0.3 is 5.97 Å². The molecule has 1 aliphatic heterocycles. The van der Waals surface area contributed by atoms with Crippen LogP contribution in [0.25, 0.3) is 0 Å². The summed E-state index contributed by atoms with van der Waals surface area (Å²) in [4.78, 5) is 29.3. The van der Waals surface area contributed by atoms with Gasteiger partial charge in [0.1, 0.15) is 11.4 Å². The molecule has 0 radical (unpaired) electrons. The van der Waals surface area contributed by atoms with Gasteiger partial charge in [-0.25, -0.2) is 9.18 Å². The Morgan fingerprint density at radius 1 is 1.03 bits per heavy atom. The number of amides is 1. The topological polar surface area (TPSA) is 68.3 Å². The highest BCUT2D eigenvalue weighted by Gasteiger charge is 2.48. The monoisotopic (exact) mass is 422 g/mol. The van der Waals surface area contributed by atoms with Gasteiger partial charge in [0, 0.05) is 29.9 Å². The van der Waals surface area contributed by atoms with Gasteiger partial charge in [-0.2, -0.15) is 0 Å². The van der Waals surface area contributed by atoms with Crippen LogP contribution in [0.2, 0.25) is 0 Å². The zero-order valence-electron chi connectivity index (χ0n) is 17.5. The molecule has 2 aliphatic carbocycles. The van der Waals surface area contributed by atoms with E-state index < -0.39 is 5.60 Å². The Labute approximate surface area is 181 Å². The van der Waals surface area contributed by atoms with Crippen molar-refractivity contribution in [1.82, 2.24) is 10.3 Å². The normalized spacial score (nSPS) is 30.0. The van der Waals surface area contributed by atoms with Gasteiger partial charge in [0.15, 0.2) is 0 Å². The smallest absolute Gasteiger partial charge is 0.339 e. The number of nitrogens with zero attached hydrogens (tertiary/aromatic N) is 1. The van der Waals surface area contributed by atoms with Crippen LogP contribution < -0.4 is 5.32 Å². The summed E-state index contributed by atoms with van der Waals surface area (Å²) in [5, 5.41) is 3.26. The number of halogens is 1. The molecule has 0 atom stereocenters. The van der Waals surface area contributed by atoms with Gasteiger partial charge in [-0.05, 0) is 81.0 Å². The third-order valence-corrected chi connectivity index (χ3v) is 7.40. The summed E-state index contributed by atoms with van der Waals surface area (Å²) in [5.74, 6) is 0.0361. The van der Waals surface area contributed by atoms with E-state index in [4.69, 9.17) is 4.74 Å². The fraction of sp³-hybridized carbons (Fsp3) is 0.480. The number of aromatic nitrogens is 1. The number of carbonyl (C=O) groups excluding carboxylic acids is 2. The molecule has 162 valence electrons. The van der Waals surface area contributed by atoms with E-state index >= 15 is 0 Å². The Balaban J connectivity index is 1.14. The van der Waals surface area contributed by atoms with E-state index in [1.165, 1.54) is 17.7 Å². The molecule has 0 bridgehead atoms. The van der Waals surface area contributed by atoms with Crippen molar-refractivity contribution < 1.29 is 18.7 Å². The van der Waals surface area contributed by atoms with Crippen LogP contribution in [0.1, 0.15) is 78.8 Å². The first-order chi connectivity index (χ1) is 15.0. The zero-order valence-corrected chi connectivity index (χ0v) is 17.5. The van der Waals surface area contributed by atoms with Crippen molar-refractivity contribution in [2.45, 2.75) is 68.9 Å². The minimum atomic E-state index is -0.606. The SMILES string of the molecule is O=C1OC2(CCC(C(=O)NC3CCC(c4ccc(F)cc4)CC3)CC2)c2cnccc21. The lowest BCUT2D eigenvalue weighted by atomic mass is 9.75. The second kappa shape index (κ2) is 8.06. The average Bonchev–Trinajstić information content (AvgIpc) is 3.07. The molecule has 2 aromatic rings. The number of hydrogen-bond acceptors (Lipinski definition) is 4. The fourth-order valence-electron chi connectivity index (χ4n) is 5.57. The summed E-state index contributed by atoms with van der Waals surface area (Å²) < 4.78 is 18.9. The standard InChI is InChI=1S/C25H27FN2O3/c26-19-5-1-16(2-6-19)17-3-7-20(8-4-17)28-23(29)18-9-12-25(13-10-18)22-15-27-14-11-21(22)24(30)31-25/h1-2,5-6,11,14-15,17-18,20H,3-4,7-10,12-13H2,(H,28,29). The number of hydrogen-bond donors (Lipinski definition) is 1. The van der Waals surface area contributed by atoms with Gasteiger partial charge in [-0.15, -0.1) is 0 Å². The number of ether oxygens (including phenoxy) is 1. The molecular weight excluding hydrogens is 395 g/mol. The molecule has 3 aliphatic rings. The Morgan fingerprint density at radius 3 is 2.45 bits per heavy atom. The number of fused-ring (bicyclic) bond motifs is 2. The van der Waals surface area contributed by atoms with Crippen LogP contribution in [0, 0.1) is 11.7 Å². The maximum atomic E-state index is 13.2. The molecule has 1 amide bonds. The molecule has 2 saturated carbocycles. The van der Waals surface area contributed by atoms with E-state index in [2.05, 4.69) is 10.3 Å². The first-order valence-electron chi connectivity index (χ1n) is 11.3. The van der Waals surface area contributed by atoms with Gasteiger partial charge in [0.25, 0.3) is 0 Å². The number of nitrogens with one attached hydrogen (secondary N) is 1. The summed E-state index contributed by atoms with van der Waals surface area (Å²) in [7, 11) is 0. The van der Waals surface area contributed by atoms with Crippen LogP contribution in [0.5, 0.6) is 0 Å². The molecule has 0 saturated heterocycles. The summed E-state index contributed by atoms with van der Waals surface area (Å²) in [6, 6.07) is 8.72. The van der Waals surface area contributed by atoms with E-state index in [0.717, 1.165) is 31.2 Å². The lowest BCUT2D eigenvalue weighted by Gasteiger charge is -2.36. The predicted octanol–water partition coefficient (Wildman–Crippen LogP) is 4.62. The molecular formula is C25H27FN2O3. The van der Waals surface area contributed by atoms with Crippen LogP contribution in [0.3, 0.4) is 0 Å². The van der Waals surface area contributed by atoms with E-state index in [1.807, 2.05) is 12.1 Å². The molecule has 0 unspecified atom stereocenters. The quantitative estimate of drug-likeness (QED) is 0.733. The highest BCUT2D eigenvalue weighted by molar-refractivity contribution is 5.94. The highest BCUT2D eigenvalue weighted by atomic mass is 19.1. The minimum absolute atomic E-state index is 0.0418. The Kier molecular flexibility index (Phi) is 5.24. The van der Waals surface area contributed by atoms with Crippen molar-refractivity contribution in [3.63, 3.8) is 0 Å². The first-order valence-corrected chi connectivity index (χ1v) is 11.3. The maximum absolute atomic E-state index is 13.2. The summed E-state index contributed by atoms with van der Waals surface area (Å²) in [6.45, 7) is 0. The van der Waals surface area contributed by atoms with Gasteiger partial charge in [0.05, 0.1) is 5.56 Å². The van der Waals surface area contributed by atoms with Gasteiger partial charge in [-0.1, -0.05) is 12.1 Å². The number of benzene rings is 1. The number of rotatable bonds is 3. The molecule has 2 heterocycles. The van der Waals surface area contributed by atoms with Crippen molar-refractivity contribution in [1.29, 1.82) is 0 Å². The molecule has 1 spiro atoms. The third kappa shape index (κ3) is 3.84. The van der Waals surface area contributed by atoms with E-state index in [-0.39, 0.29) is 29.7 Å². The molecule has 31 heavy (non-hydrogen) atoms. The lowest BCUT2D eigenvalue weighted by Crippen LogP contribution is -2.43. The number of esters is 1. The van der Waals surface area contributed by atoms with Crippen molar-refractivity contribution >= 4 is 11.9 Å². The minimum Gasteiger partial charge on any atom is -0.450 e. The van der Waals surface area contributed by atoms with E-state index in [9.17, 15) is 14.0 Å². The Hall–Kier alpha value is -2.76. The summed E-state index contributed by atoms with van der Waals surface area (Å²) in [5.41, 5.74) is 2.06. The summed E-state index contributed by atoms with van der Waals surface area (Å²) >= 11 is 0. The number of carbonyl (C=O) groups is 2. The second-order valence-electron chi connectivity index (χ2n) is 9.19.